The Morgan fingerprint density at radius 3 is 2.44 bits per heavy atom. The van der Waals surface area contributed by atoms with E-state index in [0.717, 1.165) is 28.0 Å². The highest BCUT2D eigenvalue weighted by Gasteiger charge is 2.23. The number of carbonyl (C=O) groups excluding carboxylic acids is 1. The van der Waals surface area contributed by atoms with Crippen molar-refractivity contribution in [2.75, 3.05) is 0 Å². The van der Waals surface area contributed by atoms with Crippen LogP contribution in [0.1, 0.15) is 46.6 Å². The van der Waals surface area contributed by atoms with Crippen molar-refractivity contribution in [1.29, 1.82) is 5.41 Å². The van der Waals surface area contributed by atoms with Gasteiger partial charge in [-0.2, -0.15) is 0 Å². The molecular weight excluding hydrogens is 341 g/mol. The summed E-state index contributed by atoms with van der Waals surface area (Å²) in [7, 11) is 0. The maximum atomic E-state index is 13.0. The van der Waals surface area contributed by atoms with Crippen molar-refractivity contribution in [3.8, 4) is 0 Å². The molecule has 0 saturated carbocycles. The van der Waals surface area contributed by atoms with Crippen LogP contribution in [0.5, 0.6) is 0 Å². The lowest BCUT2D eigenvalue weighted by Crippen LogP contribution is -2.76. The fourth-order valence-corrected chi connectivity index (χ4v) is 3.00. The van der Waals surface area contributed by atoms with Gasteiger partial charge in [-0.15, -0.1) is 0 Å². The third-order valence-corrected chi connectivity index (χ3v) is 4.33. The van der Waals surface area contributed by atoms with E-state index < -0.39 is 0 Å². The summed E-state index contributed by atoms with van der Waals surface area (Å²) in [5.41, 5.74) is 4.68. The molecule has 0 aliphatic heterocycles. The van der Waals surface area contributed by atoms with E-state index in [-0.39, 0.29) is 17.1 Å². The summed E-state index contributed by atoms with van der Waals surface area (Å²) in [6, 6.07) is 6.39. The van der Waals surface area contributed by atoms with E-state index in [4.69, 9.17) is 5.41 Å². The molecule has 0 spiro atoms. The first-order valence-electron chi connectivity index (χ1n) is 9.13. The van der Waals surface area contributed by atoms with E-state index in [0.29, 0.717) is 18.7 Å². The van der Waals surface area contributed by atoms with Crippen LogP contribution in [0.15, 0.2) is 59.0 Å². The standard InChI is InChI=1S/C22H28FN3O/c1-14-10-19(24)18(13-25-12-16-6-8-17(23)9-7-16)15(2)21(14)26-20(27)11-22(3,4)5/h6-10,13,24-25H,11-12H2,1-5H3,(H,26,27)/p+1. The lowest BCUT2D eigenvalue weighted by atomic mass is 9.89. The van der Waals surface area contributed by atoms with Crippen molar-refractivity contribution >= 4 is 11.6 Å². The van der Waals surface area contributed by atoms with Crippen LogP contribution >= 0.6 is 0 Å². The molecule has 0 saturated heterocycles. The highest BCUT2D eigenvalue weighted by Crippen LogP contribution is 2.26. The van der Waals surface area contributed by atoms with Gasteiger partial charge in [-0.05, 0) is 48.6 Å². The van der Waals surface area contributed by atoms with Crippen LogP contribution in [-0.2, 0) is 11.3 Å². The third kappa shape index (κ3) is 6.00. The van der Waals surface area contributed by atoms with Gasteiger partial charge in [-0.25, -0.2) is 4.39 Å². The van der Waals surface area contributed by atoms with E-state index >= 15 is 0 Å². The Labute approximate surface area is 160 Å². The SMILES string of the molecule is CC1=CC(=N)C(=C[NH2+]Cc2ccc(F)cc2)C(C)=C1NC(=O)CC(C)(C)C. The number of hydrogen-bond acceptors (Lipinski definition) is 2. The molecule has 0 radical (unpaired) electrons. The number of hydrogen-bond donors (Lipinski definition) is 3. The van der Waals surface area contributed by atoms with Gasteiger partial charge >= 0.3 is 0 Å². The number of benzene rings is 1. The molecule has 0 aromatic heterocycles. The number of carbonyl (C=O) groups is 1. The molecule has 1 aromatic carbocycles. The van der Waals surface area contributed by atoms with Crippen LogP contribution in [0, 0.1) is 16.6 Å². The van der Waals surface area contributed by atoms with Gasteiger partial charge in [0.05, 0.1) is 11.3 Å². The third-order valence-electron chi connectivity index (χ3n) is 4.33. The highest BCUT2D eigenvalue weighted by atomic mass is 19.1. The van der Waals surface area contributed by atoms with Crippen LogP contribution in [-0.4, -0.2) is 11.6 Å². The normalized spacial score (nSPS) is 16.6. The largest absolute Gasteiger partial charge is 0.326 e. The van der Waals surface area contributed by atoms with Gasteiger partial charge in [0.1, 0.15) is 18.6 Å². The van der Waals surface area contributed by atoms with Crippen molar-refractivity contribution in [3.05, 3.63) is 70.3 Å². The summed E-state index contributed by atoms with van der Waals surface area (Å²) in [4.78, 5) is 12.3. The monoisotopic (exact) mass is 370 g/mol. The van der Waals surface area contributed by atoms with Crippen LogP contribution in [0.3, 0.4) is 0 Å². The smallest absolute Gasteiger partial charge is 0.224 e. The van der Waals surface area contributed by atoms with Crippen molar-refractivity contribution in [2.24, 2.45) is 5.41 Å². The maximum absolute atomic E-state index is 13.0. The first-order valence-corrected chi connectivity index (χ1v) is 9.13. The minimum atomic E-state index is -0.249. The highest BCUT2D eigenvalue weighted by molar-refractivity contribution is 6.11. The van der Waals surface area contributed by atoms with Gasteiger partial charge in [-0.1, -0.05) is 32.9 Å². The van der Waals surface area contributed by atoms with Gasteiger partial charge in [0.2, 0.25) is 5.91 Å². The minimum Gasteiger partial charge on any atom is -0.326 e. The van der Waals surface area contributed by atoms with Crippen molar-refractivity contribution in [3.63, 3.8) is 0 Å². The van der Waals surface area contributed by atoms with Gasteiger partial charge < -0.3 is 16.0 Å². The fourth-order valence-electron chi connectivity index (χ4n) is 3.00. The lowest BCUT2D eigenvalue weighted by Gasteiger charge is -2.23. The molecule has 0 atom stereocenters. The van der Waals surface area contributed by atoms with Gasteiger partial charge in [0.25, 0.3) is 0 Å². The number of rotatable bonds is 5. The van der Waals surface area contributed by atoms with E-state index in [2.05, 4.69) is 5.32 Å². The Bertz CT molecular complexity index is 824. The second kappa shape index (κ2) is 8.44. The Morgan fingerprint density at radius 2 is 1.85 bits per heavy atom. The van der Waals surface area contributed by atoms with Crippen molar-refractivity contribution < 1.29 is 14.5 Å². The molecule has 0 heterocycles. The number of halogens is 1. The summed E-state index contributed by atoms with van der Waals surface area (Å²) in [6.07, 6.45) is 4.11. The molecule has 5 heteroatoms. The first-order chi connectivity index (χ1) is 12.6. The zero-order valence-electron chi connectivity index (χ0n) is 16.7. The fraction of sp³-hybridized carbons (Fsp3) is 0.364. The van der Waals surface area contributed by atoms with Crippen LogP contribution < -0.4 is 10.6 Å². The summed E-state index contributed by atoms with van der Waals surface area (Å²) >= 11 is 0. The Kier molecular flexibility index (Phi) is 6.50. The average Bonchev–Trinajstić information content (AvgIpc) is 2.54. The van der Waals surface area contributed by atoms with E-state index in [1.165, 1.54) is 12.1 Å². The van der Waals surface area contributed by atoms with E-state index in [1.54, 1.807) is 18.2 Å². The molecule has 4 N–H and O–H groups in total. The molecule has 0 bridgehead atoms. The molecule has 1 amide bonds. The molecule has 4 nitrogen and oxygen atoms in total. The molecule has 0 fully saturated rings. The van der Waals surface area contributed by atoms with E-state index in [1.807, 2.05) is 46.1 Å². The van der Waals surface area contributed by atoms with Crippen LogP contribution in [0.2, 0.25) is 0 Å². The average molecular weight is 370 g/mol. The second-order valence-electron chi connectivity index (χ2n) is 8.17. The lowest BCUT2D eigenvalue weighted by molar-refractivity contribution is -0.605. The molecule has 1 aliphatic carbocycles. The predicted octanol–water partition coefficient (Wildman–Crippen LogP) is 3.58. The molecule has 2 rings (SSSR count). The number of quaternary nitrogens is 1. The van der Waals surface area contributed by atoms with Crippen LogP contribution in [0.4, 0.5) is 4.39 Å². The Balaban J connectivity index is 2.15. The topological polar surface area (TPSA) is 69.6 Å². The summed E-state index contributed by atoms with van der Waals surface area (Å²) in [6.45, 7) is 10.6. The maximum Gasteiger partial charge on any atom is 0.224 e. The number of amides is 1. The quantitative estimate of drug-likeness (QED) is 0.728. The second-order valence-corrected chi connectivity index (χ2v) is 8.17. The molecule has 27 heavy (non-hydrogen) atoms. The van der Waals surface area contributed by atoms with Crippen molar-refractivity contribution in [1.82, 2.24) is 5.32 Å². The number of nitrogens with two attached hydrogens (primary N) is 1. The van der Waals surface area contributed by atoms with Gasteiger partial charge in [0.15, 0.2) is 0 Å². The molecule has 1 aromatic rings. The zero-order chi connectivity index (χ0) is 20.2. The summed E-state index contributed by atoms with van der Waals surface area (Å²) in [5.74, 6) is -0.270. The number of nitrogens with one attached hydrogen (secondary N) is 2. The molecule has 0 unspecified atom stereocenters. The molecular formula is C22H29FN3O+. The summed E-state index contributed by atoms with van der Waals surface area (Å²) < 4.78 is 13.0. The number of allylic oxidation sites excluding steroid dienone is 4. The van der Waals surface area contributed by atoms with E-state index in [9.17, 15) is 9.18 Å². The predicted molar refractivity (Wildman–Crippen MR) is 107 cm³/mol. The first kappa shape index (κ1) is 20.8. The minimum absolute atomic E-state index is 0.0207. The van der Waals surface area contributed by atoms with Crippen LogP contribution in [0.25, 0.3) is 0 Å². The Morgan fingerprint density at radius 1 is 1.22 bits per heavy atom. The molecule has 1 aliphatic rings. The van der Waals surface area contributed by atoms with Gasteiger partial charge in [0, 0.05) is 17.7 Å². The van der Waals surface area contributed by atoms with Gasteiger partial charge in [-0.3, -0.25) is 4.79 Å². The summed E-state index contributed by atoms with van der Waals surface area (Å²) in [5, 5.41) is 13.3. The van der Waals surface area contributed by atoms with Crippen molar-refractivity contribution in [2.45, 2.75) is 47.6 Å². The zero-order valence-corrected chi connectivity index (χ0v) is 16.7. The Hall–Kier alpha value is -2.53. The molecule has 144 valence electrons.